The minimum atomic E-state index is -0.305. The largest absolute Gasteiger partial charge is 0.281 e. The zero-order valence-corrected chi connectivity index (χ0v) is 15.1. The number of hydrogen-bond acceptors (Lipinski definition) is 4. The third-order valence-electron chi connectivity index (χ3n) is 4.44. The number of nitrogens with zero attached hydrogens (tertiary/aromatic N) is 6. The van der Waals surface area contributed by atoms with Gasteiger partial charge in [-0.15, -0.1) is 10.2 Å². The molecule has 6 nitrogen and oxygen atoms in total. The van der Waals surface area contributed by atoms with Crippen LogP contribution in [0.5, 0.6) is 0 Å². The minimum Gasteiger partial charge on any atom is -0.281 e. The van der Waals surface area contributed by atoms with Crippen LogP contribution in [-0.2, 0) is 0 Å². The molecule has 0 atom stereocenters. The van der Waals surface area contributed by atoms with Gasteiger partial charge in [-0.3, -0.25) is 4.57 Å². The van der Waals surface area contributed by atoms with E-state index in [9.17, 15) is 4.39 Å². The molecule has 0 aliphatic heterocycles. The molecule has 0 unspecified atom stereocenters. The number of hydrogen-bond donors (Lipinski definition) is 0. The highest BCUT2D eigenvalue weighted by Gasteiger charge is 2.21. The molecule has 0 aliphatic rings. The van der Waals surface area contributed by atoms with E-state index < -0.39 is 0 Å². The van der Waals surface area contributed by atoms with Crippen LogP contribution >= 0.6 is 11.6 Å². The molecule has 3 aromatic heterocycles. The molecule has 0 saturated heterocycles. The maximum atomic E-state index is 13.4. The van der Waals surface area contributed by atoms with Gasteiger partial charge in [0.1, 0.15) is 24.2 Å². The first-order valence-corrected chi connectivity index (χ1v) is 8.83. The average molecular weight is 391 g/mol. The summed E-state index contributed by atoms with van der Waals surface area (Å²) in [5.74, 6) is 0.308. The quantitative estimate of drug-likeness (QED) is 0.457. The van der Waals surface area contributed by atoms with Crippen LogP contribution < -0.4 is 0 Å². The molecule has 2 aromatic carbocycles. The molecule has 0 fully saturated rings. The van der Waals surface area contributed by atoms with Crippen LogP contribution in [0.3, 0.4) is 0 Å². The Morgan fingerprint density at radius 3 is 2.46 bits per heavy atom. The van der Waals surface area contributed by atoms with Gasteiger partial charge >= 0.3 is 0 Å². The monoisotopic (exact) mass is 390 g/mol. The molecule has 5 rings (SSSR count). The molecule has 0 radical (unpaired) electrons. The molecular weight excluding hydrogens is 379 g/mol. The Morgan fingerprint density at radius 1 is 0.893 bits per heavy atom. The Balaban J connectivity index is 1.78. The average Bonchev–Trinajstić information content (AvgIpc) is 3.33. The number of halogens is 2. The van der Waals surface area contributed by atoms with Crippen molar-refractivity contribution in [3.05, 3.63) is 84.3 Å². The summed E-state index contributed by atoms with van der Waals surface area (Å²) in [5.41, 5.74) is 3.89. The van der Waals surface area contributed by atoms with E-state index in [-0.39, 0.29) is 5.82 Å². The van der Waals surface area contributed by atoms with Crippen LogP contribution in [0.25, 0.3) is 33.8 Å². The fourth-order valence-electron chi connectivity index (χ4n) is 3.14. The van der Waals surface area contributed by atoms with Gasteiger partial charge in [-0.2, -0.15) is 5.10 Å². The maximum Gasteiger partial charge on any atom is 0.172 e. The topological polar surface area (TPSA) is 60.9 Å². The Morgan fingerprint density at radius 2 is 1.68 bits per heavy atom. The predicted molar refractivity (Wildman–Crippen MR) is 104 cm³/mol. The molecule has 0 amide bonds. The minimum absolute atomic E-state index is 0.305. The van der Waals surface area contributed by atoms with Gasteiger partial charge in [0.05, 0.1) is 11.1 Å². The summed E-state index contributed by atoms with van der Waals surface area (Å²) in [5, 5.41) is 13.7. The zero-order chi connectivity index (χ0) is 19.1. The summed E-state index contributed by atoms with van der Waals surface area (Å²) in [6.45, 7) is 0. The van der Waals surface area contributed by atoms with E-state index in [1.54, 1.807) is 35.5 Å². The molecule has 5 aromatic rings. The van der Waals surface area contributed by atoms with Gasteiger partial charge < -0.3 is 0 Å². The highest BCUT2D eigenvalue weighted by molar-refractivity contribution is 6.30. The first kappa shape index (κ1) is 16.6. The van der Waals surface area contributed by atoms with Crippen molar-refractivity contribution in [1.29, 1.82) is 0 Å². The van der Waals surface area contributed by atoms with E-state index in [2.05, 4.69) is 20.3 Å². The zero-order valence-electron chi connectivity index (χ0n) is 14.4. The summed E-state index contributed by atoms with van der Waals surface area (Å²) >= 11 is 6.02. The van der Waals surface area contributed by atoms with Crippen LogP contribution in [0, 0.1) is 5.82 Å². The van der Waals surface area contributed by atoms with Crippen LogP contribution in [0.4, 0.5) is 4.39 Å². The summed E-state index contributed by atoms with van der Waals surface area (Å²) in [4.78, 5) is 4.13. The number of aromatic nitrogens is 6. The summed E-state index contributed by atoms with van der Waals surface area (Å²) in [7, 11) is 0. The Bertz CT molecular complexity index is 1270. The second-order valence-electron chi connectivity index (χ2n) is 6.14. The summed E-state index contributed by atoms with van der Waals surface area (Å²) in [6.07, 6.45) is 4.95. The molecule has 8 heteroatoms. The van der Waals surface area contributed by atoms with Crippen molar-refractivity contribution in [2.75, 3.05) is 0 Å². The third kappa shape index (κ3) is 2.73. The van der Waals surface area contributed by atoms with Crippen LogP contribution in [-0.4, -0.2) is 29.4 Å². The van der Waals surface area contributed by atoms with Crippen molar-refractivity contribution in [3.63, 3.8) is 0 Å². The first-order valence-electron chi connectivity index (χ1n) is 8.45. The lowest BCUT2D eigenvalue weighted by Crippen LogP contribution is -1.97. The fourth-order valence-corrected chi connectivity index (χ4v) is 3.26. The van der Waals surface area contributed by atoms with Gasteiger partial charge in [-0.05, 0) is 54.6 Å². The van der Waals surface area contributed by atoms with Crippen molar-refractivity contribution in [1.82, 2.24) is 29.4 Å². The van der Waals surface area contributed by atoms with E-state index in [0.29, 0.717) is 16.5 Å². The summed E-state index contributed by atoms with van der Waals surface area (Å²) < 4.78 is 17.0. The van der Waals surface area contributed by atoms with Gasteiger partial charge in [0.2, 0.25) is 0 Å². The lowest BCUT2D eigenvalue weighted by molar-refractivity contribution is 0.628. The molecule has 0 aliphatic carbocycles. The Kier molecular flexibility index (Phi) is 3.87. The predicted octanol–water partition coefficient (Wildman–Crippen LogP) is 4.44. The first-order chi connectivity index (χ1) is 13.7. The molecule has 136 valence electrons. The molecule has 3 heterocycles. The molecule has 28 heavy (non-hydrogen) atoms. The Hall–Kier alpha value is -3.58. The van der Waals surface area contributed by atoms with Gasteiger partial charge in [0, 0.05) is 22.5 Å². The van der Waals surface area contributed by atoms with Gasteiger partial charge in [0.15, 0.2) is 5.82 Å². The number of fused-ring (bicyclic) bond motifs is 1. The van der Waals surface area contributed by atoms with Gasteiger partial charge in [0.25, 0.3) is 0 Å². The maximum absolute atomic E-state index is 13.4. The molecule has 0 saturated carbocycles. The SMILES string of the molecule is Fc1ccc(-c2nn3cnccc3c2-c2nncn2-c2ccc(Cl)cc2)cc1. The van der Waals surface area contributed by atoms with Gasteiger partial charge in [-0.1, -0.05) is 11.6 Å². The van der Waals surface area contributed by atoms with E-state index in [0.717, 1.165) is 22.3 Å². The highest BCUT2D eigenvalue weighted by atomic mass is 35.5. The second-order valence-corrected chi connectivity index (χ2v) is 6.58. The van der Waals surface area contributed by atoms with Crippen LogP contribution in [0.15, 0.2) is 73.4 Å². The summed E-state index contributed by atoms with van der Waals surface area (Å²) in [6, 6.07) is 15.4. The number of benzene rings is 2. The third-order valence-corrected chi connectivity index (χ3v) is 4.69. The van der Waals surface area contributed by atoms with E-state index in [1.165, 1.54) is 12.1 Å². The number of rotatable bonds is 3. The lowest BCUT2D eigenvalue weighted by Gasteiger charge is -2.08. The van der Waals surface area contributed by atoms with Crippen molar-refractivity contribution in [2.24, 2.45) is 0 Å². The van der Waals surface area contributed by atoms with E-state index in [4.69, 9.17) is 11.6 Å². The van der Waals surface area contributed by atoms with E-state index in [1.807, 2.05) is 34.9 Å². The smallest absolute Gasteiger partial charge is 0.172 e. The lowest BCUT2D eigenvalue weighted by atomic mass is 10.1. The molecule has 0 N–H and O–H groups in total. The Labute approximate surface area is 163 Å². The molecule has 0 spiro atoms. The van der Waals surface area contributed by atoms with E-state index >= 15 is 0 Å². The van der Waals surface area contributed by atoms with Crippen molar-refractivity contribution < 1.29 is 4.39 Å². The van der Waals surface area contributed by atoms with Crippen molar-refractivity contribution >= 4 is 17.1 Å². The molecular formula is C20H12ClFN6. The van der Waals surface area contributed by atoms with Crippen molar-refractivity contribution in [3.8, 4) is 28.3 Å². The molecule has 0 bridgehead atoms. The second kappa shape index (κ2) is 6.54. The standard InChI is InChI=1S/C20H12ClFN6/c21-14-3-7-16(8-4-14)27-12-24-25-20(27)18-17-9-10-23-11-28(17)26-19(18)13-1-5-15(22)6-2-13/h1-12H. The highest BCUT2D eigenvalue weighted by Crippen LogP contribution is 2.35. The van der Waals surface area contributed by atoms with Crippen LogP contribution in [0.2, 0.25) is 5.02 Å². The fraction of sp³-hybridized carbons (Fsp3) is 0. The normalized spacial score (nSPS) is 11.2. The van der Waals surface area contributed by atoms with Gasteiger partial charge in [-0.25, -0.2) is 13.9 Å². The van der Waals surface area contributed by atoms with Crippen molar-refractivity contribution in [2.45, 2.75) is 0 Å². The van der Waals surface area contributed by atoms with Crippen LogP contribution in [0.1, 0.15) is 0 Å².